The van der Waals surface area contributed by atoms with Gasteiger partial charge in [-0.05, 0) is 17.7 Å². The first-order valence-electron chi connectivity index (χ1n) is 7.63. The van der Waals surface area contributed by atoms with Gasteiger partial charge in [-0.25, -0.2) is 4.79 Å². The van der Waals surface area contributed by atoms with Crippen molar-refractivity contribution in [3.8, 4) is 11.5 Å². The number of anilines is 1. The fraction of sp³-hybridized carbons (Fsp3) is 0.176. The molecule has 3 amide bonds. The van der Waals surface area contributed by atoms with Gasteiger partial charge in [0.2, 0.25) is 5.91 Å². The summed E-state index contributed by atoms with van der Waals surface area (Å²) in [5.74, 6) is -0.891. The lowest BCUT2D eigenvalue weighted by atomic mass is 10.1. The van der Waals surface area contributed by atoms with Gasteiger partial charge in [-0.1, -0.05) is 30.3 Å². The lowest BCUT2D eigenvalue weighted by Gasteiger charge is -2.17. The second-order valence-corrected chi connectivity index (χ2v) is 5.57. The fourth-order valence-electron chi connectivity index (χ4n) is 2.49. The SMILES string of the molecule is NC(=O)NC(Cc1ccccc1)C(=O)Nc1ccc2c(c1)OC(F)(F)O2. The molecule has 9 heteroatoms. The van der Waals surface area contributed by atoms with E-state index in [2.05, 4.69) is 20.1 Å². The third-order valence-electron chi connectivity index (χ3n) is 3.58. The third kappa shape index (κ3) is 4.18. The molecule has 1 atom stereocenters. The van der Waals surface area contributed by atoms with E-state index < -0.39 is 24.3 Å². The van der Waals surface area contributed by atoms with E-state index in [0.29, 0.717) is 0 Å². The van der Waals surface area contributed by atoms with E-state index >= 15 is 0 Å². The number of halogens is 2. The molecule has 2 aromatic rings. The number of nitrogens with one attached hydrogen (secondary N) is 2. The summed E-state index contributed by atoms with van der Waals surface area (Å²) >= 11 is 0. The smallest absolute Gasteiger partial charge is 0.395 e. The van der Waals surface area contributed by atoms with Crippen LogP contribution < -0.4 is 25.8 Å². The molecule has 0 fully saturated rings. The Morgan fingerprint density at radius 1 is 1.08 bits per heavy atom. The second-order valence-electron chi connectivity index (χ2n) is 5.57. The number of hydrogen-bond acceptors (Lipinski definition) is 4. The van der Waals surface area contributed by atoms with Crippen molar-refractivity contribution in [1.82, 2.24) is 5.32 Å². The fourth-order valence-corrected chi connectivity index (χ4v) is 2.49. The highest BCUT2D eigenvalue weighted by Crippen LogP contribution is 2.42. The second kappa shape index (κ2) is 6.87. The number of amides is 3. The van der Waals surface area contributed by atoms with Crippen molar-refractivity contribution in [2.45, 2.75) is 18.8 Å². The molecule has 1 unspecified atom stereocenters. The normalized spacial score (nSPS) is 15.2. The van der Waals surface area contributed by atoms with E-state index in [1.165, 1.54) is 18.2 Å². The van der Waals surface area contributed by atoms with E-state index in [1.807, 2.05) is 6.07 Å². The van der Waals surface area contributed by atoms with Gasteiger partial charge in [0.25, 0.3) is 0 Å². The summed E-state index contributed by atoms with van der Waals surface area (Å²) in [7, 11) is 0. The van der Waals surface area contributed by atoms with Crippen LogP contribution in [0.15, 0.2) is 48.5 Å². The zero-order valence-corrected chi connectivity index (χ0v) is 13.4. The molecule has 2 aromatic carbocycles. The number of fused-ring (bicyclic) bond motifs is 1. The molecule has 136 valence electrons. The number of ether oxygens (including phenoxy) is 2. The number of urea groups is 1. The Labute approximate surface area is 147 Å². The molecular weight excluding hydrogens is 348 g/mol. The Balaban J connectivity index is 1.73. The lowest BCUT2D eigenvalue weighted by Crippen LogP contribution is -2.47. The maximum Gasteiger partial charge on any atom is 0.586 e. The molecule has 3 rings (SSSR count). The van der Waals surface area contributed by atoms with Gasteiger partial charge in [-0.2, -0.15) is 0 Å². The minimum atomic E-state index is -3.74. The number of rotatable bonds is 5. The van der Waals surface area contributed by atoms with Crippen LogP contribution in [0.4, 0.5) is 19.3 Å². The van der Waals surface area contributed by atoms with Gasteiger partial charge in [0.05, 0.1) is 0 Å². The number of hydrogen-bond donors (Lipinski definition) is 3. The maximum absolute atomic E-state index is 13.1. The summed E-state index contributed by atoms with van der Waals surface area (Å²) in [5, 5.41) is 4.90. The van der Waals surface area contributed by atoms with Crippen LogP contribution in [0.2, 0.25) is 0 Å². The average molecular weight is 363 g/mol. The van der Waals surface area contributed by atoms with Crippen LogP contribution >= 0.6 is 0 Å². The highest BCUT2D eigenvalue weighted by atomic mass is 19.3. The molecule has 26 heavy (non-hydrogen) atoms. The highest BCUT2D eigenvalue weighted by Gasteiger charge is 2.43. The zero-order chi connectivity index (χ0) is 18.7. The summed E-state index contributed by atoms with van der Waals surface area (Å²) in [4.78, 5) is 23.7. The summed E-state index contributed by atoms with van der Waals surface area (Å²) in [6, 6.07) is 11.1. The van der Waals surface area contributed by atoms with Crippen molar-refractivity contribution in [1.29, 1.82) is 0 Å². The Kier molecular flexibility index (Phi) is 4.61. The van der Waals surface area contributed by atoms with Gasteiger partial charge in [0, 0.05) is 18.2 Å². The number of alkyl halides is 2. The van der Waals surface area contributed by atoms with Gasteiger partial charge in [0.1, 0.15) is 6.04 Å². The number of carbonyl (C=O) groups excluding carboxylic acids is 2. The summed E-state index contributed by atoms with van der Waals surface area (Å²) in [6.45, 7) is 0. The Morgan fingerprint density at radius 3 is 2.46 bits per heavy atom. The van der Waals surface area contributed by atoms with Crippen LogP contribution in [-0.2, 0) is 11.2 Å². The third-order valence-corrected chi connectivity index (χ3v) is 3.58. The molecule has 0 saturated heterocycles. The topological polar surface area (TPSA) is 103 Å². The number of carbonyl (C=O) groups is 2. The van der Waals surface area contributed by atoms with Crippen molar-refractivity contribution >= 4 is 17.6 Å². The van der Waals surface area contributed by atoms with Gasteiger partial charge < -0.3 is 25.8 Å². The van der Waals surface area contributed by atoms with Crippen LogP contribution in [0.1, 0.15) is 5.56 Å². The Bertz CT molecular complexity index is 830. The van der Waals surface area contributed by atoms with Crippen molar-refractivity contribution in [3.63, 3.8) is 0 Å². The first-order valence-corrected chi connectivity index (χ1v) is 7.63. The standard InChI is InChI=1S/C17H15F2N3O4/c18-17(19)25-13-7-6-11(9-14(13)26-17)21-15(23)12(22-16(20)24)8-10-4-2-1-3-5-10/h1-7,9,12H,8H2,(H,21,23)(H3,20,22,24). The molecule has 0 saturated carbocycles. The maximum atomic E-state index is 13.1. The van der Waals surface area contributed by atoms with Crippen LogP contribution in [-0.4, -0.2) is 24.3 Å². The van der Waals surface area contributed by atoms with E-state index in [0.717, 1.165) is 5.56 Å². The van der Waals surface area contributed by atoms with E-state index in [4.69, 9.17) is 5.73 Å². The molecule has 0 bridgehead atoms. The predicted molar refractivity (Wildman–Crippen MR) is 87.9 cm³/mol. The van der Waals surface area contributed by atoms with Crippen molar-refractivity contribution in [2.75, 3.05) is 5.32 Å². The van der Waals surface area contributed by atoms with Crippen LogP contribution in [0.3, 0.4) is 0 Å². The van der Waals surface area contributed by atoms with Crippen molar-refractivity contribution in [2.24, 2.45) is 5.73 Å². The van der Waals surface area contributed by atoms with Gasteiger partial charge in [-0.3, -0.25) is 4.79 Å². The molecule has 1 heterocycles. The molecule has 0 aliphatic carbocycles. The molecule has 0 radical (unpaired) electrons. The summed E-state index contributed by atoms with van der Waals surface area (Å²) < 4.78 is 34.7. The molecular formula is C17H15F2N3O4. The first kappa shape index (κ1) is 17.5. The average Bonchev–Trinajstić information content (AvgIpc) is 2.88. The monoisotopic (exact) mass is 363 g/mol. The van der Waals surface area contributed by atoms with Gasteiger partial charge in [-0.15, -0.1) is 8.78 Å². The van der Waals surface area contributed by atoms with Crippen molar-refractivity contribution < 1.29 is 27.8 Å². The summed E-state index contributed by atoms with van der Waals surface area (Å²) in [6.07, 6.45) is -3.54. The highest BCUT2D eigenvalue weighted by molar-refractivity contribution is 5.97. The molecule has 7 nitrogen and oxygen atoms in total. The van der Waals surface area contributed by atoms with E-state index in [-0.39, 0.29) is 23.6 Å². The lowest BCUT2D eigenvalue weighted by molar-refractivity contribution is -0.286. The Hall–Kier alpha value is -3.36. The van der Waals surface area contributed by atoms with Crippen LogP contribution in [0.5, 0.6) is 11.5 Å². The summed E-state index contributed by atoms with van der Waals surface area (Å²) in [5.41, 5.74) is 6.15. The van der Waals surface area contributed by atoms with Gasteiger partial charge >= 0.3 is 12.3 Å². The van der Waals surface area contributed by atoms with Gasteiger partial charge in [0.15, 0.2) is 11.5 Å². The number of primary amides is 1. The number of benzene rings is 2. The first-order chi connectivity index (χ1) is 12.3. The molecule has 4 N–H and O–H groups in total. The molecule has 0 aromatic heterocycles. The predicted octanol–water partition coefficient (Wildman–Crippen LogP) is 2.23. The van der Waals surface area contributed by atoms with E-state index in [9.17, 15) is 18.4 Å². The van der Waals surface area contributed by atoms with Crippen LogP contribution in [0, 0.1) is 0 Å². The van der Waals surface area contributed by atoms with Crippen molar-refractivity contribution in [3.05, 3.63) is 54.1 Å². The van der Waals surface area contributed by atoms with Crippen LogP contribution in [0.25, 0.3) is 0 Å². The largest absolute Gasteiger partial charge is 0.586 e. The molecule has 0 spiro atoms. The number of nitrogens with two attached hydrogens (primary N) is 1. The quantitative estimate of drug-likeness (QED) is 0.758. The zero-order valence-electron chi connectivity index (χ0n) is 13.4. The van der Waals surface area contributed by atoms with E-state index in [1.54, 1.807) is 24.3 Å². The Morgan fingerprint density at radius 2 is 1.77 bits per heavy atom. The molecule has 1 aliphatic rings. The molecule has 1 aliphatic heterocycles. The minimum Gasteiger partial charge on any atom is -0.395 e. The minimum absolute atomic E-state index is 0.135.